The fourth-order valence-corrected chi connectivity index (χ4v) is 2.71. The van der Waals surface area contributed by atoms with E-state index in [0.29, 0.717) is 11.1 Å². The lowest BCUT2D eigenvalue weighted by molar-refractivity contribution is -0.136. The third-order valence-electron chi connectivity index (χ3n) is 3.70. The second-order valence-corrected chi connectivity index (χ2v) is 5.05. The normalized spacial score (nSPS) is 13.3. The lowest BCUT2D eigenvalue weighted by Gasteiger charge is -2.07. The van der Waals surface area contributed by atoms with E-state index in [2.05, 4.69) is 0 Å². The average molecular weight is 266 g/mol. The van der Waals surface area contributed by atoms with Gasteiger partial charge in [-0.3, -0.25) is 9.59 Å². The Morgan fingerprint density at radius 1 is 1.00 bits per heavy atom. The van der Waals surface area contributed by atoms with Crippen LogP contribution in [0, 0.1) is 0 Å². The number of hydrogen-bond donors (Lipinski definition) is 1. The number of aliphatic carboxylic acids is 1. The van der Waals surface area contributed by atoms with Crippen molar-refractivity contribution in [2.24, 2.45) is 0 Å². The molecule has 100 valence electrons. The highest BCUT2D eigenvalue weighted by Gasteiger charge is 2.21. The highest BCUT2D eigenvalue weighted by molar-refractivity contribution is 6.11. The predicted molar refractivity (Wildman–Crippen MR) is 75.1 cm³/mol. The van der Waals surface area contributed by atoms with Gasteiger partial charge in [0.25, 0.3) is 0 Å². The zero-order chi connectivity index (χ0) is 14.1. The highest BCUT2D eigenvalue weighted by atomic mass is 16.4. The quantitative estimate of drug-likeness (QED) is 0.909. The van der Waals surface area contributed by atoms with Crippen LogP contribution in [0.4, 0.5) is 0 Å². The summed E-state index contributed by atoms with van der Waals surface area (Å²) in [6, 6.07) is 13.1. The minimum Gasteiger partial charge on any atom is -0.481 e. The molecule has 0 aliphatic heterocycles. The van der Waals surface area contributed by atoms with E-state index in [1.807, 2.05) is 30.3 Å². The van der Waals surface area contributed by atoms with Gasteiger partial charge in [0.05, 0.1) is 6.42 Å². The van der Waals surface area contributed by atoms with Gasteiger partial charge in [-0.2, -0.15) is 0 Å². The molecule has 0 radical (unpaired) electrons. The molecule has 1 aliphatic rings. The lowest BCUT2D eigenvalue weighted by atomic mass is 9.96. The number of rotatable bonds is 2. The molecular weight excluding hydrogens is 252 g/mol. The first kappa shape index (κ1) is 12.6. The molecule has 0 bridgehead atoms. The molecule has 0 unspecified atom stereocenters. The number of carboxylic acids is 1. The average Bonchev–Trinajstić information content (AvgIpc) is 2.57. The SMILES string of the molecule is O=C(O)Cc1ccc2c(c1)C(=O)c1ccccc1CC2. The van der Waals surface area contributed by atoms with Crippen LogP contribution in [0.2, 0.25) is 0 Å². The van der Waals surface area contributed by atoms with Crippen molar-refractivity contribution < 1.29 is 14.7 Å². The van der Waals surface area contributed by atoms with Crippen molar-refractivity contribution in [1.29, 1.82) is 0 Å². The summed E-state index contributed by atoms with van der Waals surface area (Å²) in [6.45, 7) is 0. The highest BCUT2D eigenvalue weighted by Crippen LogP contribution is 2.25. The standard InChI is InChI=1S/C17H14O3/c18-16(19)10-11-5-6-13-8-7-12-3-1-2-4-14(12)17(20)15(13)9-11/h1-6,9H,7-8,10H2,(H,18,19). The maximum absolute atomic E-state index is 12.6. The fraction of sp³-hybridized carbons (Fsp3) is 0.176. The van der Waals surface area contributed by atoms with Gasteiger partial charge in [-0.15, -0.1) is 0 Å². The van der Waals surface area contributed by atoms with Crippen LogP contribution in [0.15, 0.2) is 42.5 Å². The summed E-state index contributed by atoms with van der Waals surface area (Å²) in [6.07, 6.45) is 1.60. The van der Waals surface area contributed by atoms with Crippen molar-refractivity contribution in [3.63, 3.8) is 0 Å². The molecule has 0 fully saturated rings. The monoisotopic (exact) mass is 266 g/mol. The minimum atomic E-state index is -0.883. The van der Waals surface area contributed by atoms with Crippen molar-refractivity contribution in [2.75, 3.05) is 0 Å². The van der Waals surface area contributed by atoms with Crippen LogP contribution in [0.3, 0.4) is 0 Å². The van der Waals surface area contributed by atoms with Crippen molar-refractivity contribution >= 4 is 11.8 Å². The maximum atomic E-state index is 12.6. The van der Waals surface area contributed by atoms with Crippen LogP contribution in [0.5, 0.6) is 0 Å². The van der Waals surface area contributed by atoms with E-state index in [1.165, 1.54) is 0 Å². The van der Waals surface area contributed by atoms with Gasteiger partial charge in [0.1, 0.15) is 0 Å². The summed E-state index contributed by atoms with van der Waals surface area (Å²) in [5, 5.41) is 8.87. The van der Waals surface area contributed by atoms with Crippen LogP contribution in [0.1, 0.15) is 32.6 Å². The van der Waals surface area contributed by atoms with Crippen LogP contribution in [-0.2, 0) is 24.1 Å². The number of hydrogen-bond acceptors (Lipinski definition) is 2. The number of carbonyl (C=O) groups excluding carboxylic acids is 1. The molecule has 2 aromatic rings. The molecule has 1 N–H and O–H groups in total. The Kier molecular flexibility index (Phi) is 3.11. The van der Waals surface area contributed by atoms with Crippen LogP contribution in [-0.4, -0.2) is 16.9 Å². The second kappa shape index (κ2) is 4.93. The van der Waals surface area contributed by atoms with E-state index in [4.69, 9.17) is 5.11 Å². The Balaban J connectivity index is 2.08. The maximum Gasteiger partial charge on any atom is 0.307 e. The first-order valence-corrected chi connectivity index (χ1v) is 6.61. The molecule has 0 saturated carbocycles. The van der Waals surface area contributed by atoms with Crippen molar-refractivity contribution in [1.82, 2.24) is 0 Å². The minimum absolute atomic E-state index is 0.000314. The van der Waals surface area contributed by atoms with Crippen molar-refractivity contribution in [3.05, 3.63) is 70.3 Å². The number of fused-ring (bicyclic) bond motifs is 2. The molecule has 0 aromatic heterocycles. The molecule has 0 atom stereocenters. The summed E-state index contributed by atoms with van der Waals surface area (Å²) in [5.74, 6) is -0.883. The Bertz CT molecular complexity index is 701. The molecular formula is C17H14O3. The first-order valence-electron chi connectivity index (χ1n) is 6.61. The van der Waals surface area contributed by atoms with Crippen molar-refractivity contribution in [3.8, 4) is 0 Å². The third-order valence-corrected chi connectivity index (χ3v) is 3.70. The largest absolute Gasteiger partial charge is 0.481 e. The molecule has 1 aliphatic carbocycles. The number of carbonyl (C=O) groups is 2. The number of ketones is 1. The molecule has 20 heavy (non-hydrogen) atoms. The summed E-state index contributed by atoms with van der Waals surface area (Å²) < 4.78 is 0. The van der Waals surface area contributed by atoms with Crippen LogP contribution < -0.4 is 0 Å². The van der Waals surface area contributed by atoms with E-state index in [-0.39, 0.29) is 12.2 Å². The zero-order valence-electron chi connectivity index (χ0n) is 10.9. The zero-order valence-corrected chi connectivity index (χ0v) is 10.9. The van der Waals surface area contributed by atoms with Crippen molar-refractivity contribution in [2.45, 2.75) is 19.3 Å². The molecule has 0 spiro atoms. The van der Waals surface area contributed by atoms with Crippen LogP contribution in [0.25, 0.3) is 0 Å². The summed E-state index contributed by atoms with van der Waals surface area (Å²) in [4.78, 5) is 23.4. The molecule has 0 saturated heterocycles. The smallest absolute Gasteiger partial charge is 0.307 e. The molecule has 0 heterocycles. The van der Waals surface area contributed by atoms with E-state index in [1.54, 1.807) is 12.1 Å². The summed E-state index contributed by atoms with van der Waals surface area (Å²) in [5.41, 5.74) is 4.12. The third kappa shape index (κ3) is 2.23. The van der Waals surface area contributed by atoms with E-state index >= 15 is 0 Å². The number of benzene rings is 2. The fourth-order valence-electron chi connectivity index (χ4n) is 2.71. The molecule has 3 rings (SSSR count). The summed E-state index contributed by atoms with van der Waals surface area (Å²) >= 11 is 0. The van der Waals surface area contributed by atoms with Gasteiger partial charge < -0.3 is 5.11 Å². The Morgan fingerprint density at radius 2 is 1.70 bits per heavy atom. The lowest BCUT2D eigenvalue weighted by Crippen LogP contribution is -2.07. The molecule has 0 amide bonds. The van der Waals surface area contributed by atoms with E-state index in [0.717, 1.165) is 29.5 Å². The molecule has 2 aromatic carbocycles. The topological polar surface area (TPSA) is 54.4 Å². The Morgan fingerprint density at radius 3 is 2.45 bits per heavy atom. The Labute approximate surface area is 116 Å². The predicted octanol–water partition coefficient (Wildman–Crippen LogP) is 2.64. The van der Waals surface area contributed by atoms with Gasteiger partial charge in [0, 0.05) is 11.1 Å². The summed E-state index contributed by atoms with van der Waals surface area (Å²) in [7, 11) is 0. The van der Waals surface area contributed by atoms with Gasteiger partial charge in [0.2, 0.25) is 0 Å². The molecule has 3 nitrogen and oxygen atoms in total. The van der Waals surface area contributed by atoms with Crippen LogP contribution >= 0.6 is 0 Å². The Hall–Kier alpha value is -2.42. The number of carboxylic acid groups (broad SMARTS) is 1. The number of aryl methyl sites for hydroxylation is 2. The second-order valence-electron chi connectivity index (χ2n) is 5.05. The van der Waals surface area contributed by atoms with Gasteiger partial charge in [0.15, 0.2) is 5.78 Å². The van der Waals surface area contributed by atoms with E-state index < -0.39 is 5.97 Å². The molecule has 3 heteroatoms. The van der Waals surface area contributed by atoms with Gasteiger partial charge >= 0.3 is 5.97 Å². The van der Waals surface area contributed by atoms with E-state index in [9.17, 15) is 9.59 Å². The van der Waals surface area contributed by atoms with Gasteiger partial charge in [-0.1, -0.05) is 36.4 Å². The van der Waals surface area contributed by atoms with Gasteiger partial charge in [-0.05, 0) is 35.6 Å². The van der Waals surface area contributed by atoms with Gasteiger partial charge in [-0.25, -0.2) is 0 Å². The first-order chi connectivity index (χ1) is 9.65.